The standard InChI is InChI=1S/C24H28N4O2S/c1-31-21-19(10-6-14-25-21)22(29)27-15-12-24(13-16-27)26-20-11-5-4-9-18(20)23(30)28(24)17-7-2-3-8-17/h4-6,9-11,14,17,26H,2-3,7-8,12-13,15-16H2,1H3. The maximum absolute atomic E-state index is 13.6. The van der Waals surface area contributed by atoms with Gasteiger partial charge in [-0.1, -0.05) is 25.0 Å². The van der Waals surface area contributed by atoms with Crippen molar-refractivity contribution in [3.63, 3.8) is 0 Å². The Morgan fingerprint density at radius 1 is 1.13 bits per heavy atom. The number of benzene rings is 1. The molecular weight excluding hydrogens is 408 g/mol. The van der Waals surface area contributed by atoms with Crippen LogP contribution in [0.25, 0.3) is 0 Å². The van der Waals surface area contributed by atoms with E-state index >= 15 is 0 Å². The Morgan fingerprint density at radius 3 is 2.61 bits per heavy atom. The second-order valence-corrected chi connectivity index (χ2v) is 9.46. The lowest BCUT2D eigenvalue weighted by Crippen LogP contribution is -2.66. The Morgan fingerprint density at radius 2 is 1.87 bits per heavy atom. The summed E-state index contributed by atoms with van der Waals surface area (Å²) in [6.45, 7) is 1.24. The molecule has 6 nitrogen and oxygen atoms in total. The fourth-order valence-corrected chi connectivity index (χ4v) is 5.97. The zero-order valence-electron chi connectivity index (χ0n) is 17.8. The van der Waals surface area contributed by atoms with Crippen LogP contribution in [-0.4, -0.2) is 57.6 Å². The molecular formula is C24H28N4O2S. The summed E-state index contributed by atoms with van der Waals surface area (Å²) in [6.07, 6.45) is 9.60. The Bertz CT molecular complexity index is 997. The highest BCUT2D eigenvalue weighted by Gasteiger charge is 2.50. The number of nitrogens with zero attached hydrogens (tertiary/aromatic N) is 3. The predicted molar refractivity (Wildman–Crippen MR) is 122 cm³/mol. The SMILES string of the molecule is CSc1ncccc1C(=O)N1CCC2(CC1)Nc1ccccc1C(=O)N2C1CCCC1. The van der Waals surface area contributed by atoms with Gasteiger partial charge >= 0.3 is 0 Å². The molecule has 1 spiro atoms. The number of anilines is 1. The first kappa shape index (κ1) is 20.4. The second kappa shape index (κ2) is 8.19. The highest BCUT2D eigenvalue weighted by molar-refractivity contribution is 7.98. The molecule has 0 atom stereocenters. The molecule has 1 aromatic heterocycles. The van der Waals surface area contributed by atoms with Crippen molar-refractivity contribution in [1.29, 1.82) is 0 Å². The van der Waals surface area contributed by atoms with Crippen LogP contribution >= 0.6 is 11.8 Å². The van der Waals surface area contributed by atoms with Crippen LogP contribution < -0.4 is 5.32 Å². The number of likely N-dealkylation sites (tertiary alicyclic amines) is 1. The quantitative estimate of drug-likeness (QED) is 0.729. The van der Waals surface area contributed by atoms with E-state index in [0.717, 1.165) is 42.0 Å². The van der Waals surface area contributed by atoms with Crippen molar-refractivity contribution in [2.24, 2.45) is 0 Å². The lowest BCUT2D eigenvalue weighted by atomic mass is 9.88. The minimum Gasteiger partial charge on any atom is -0.362 e. The van der Waals surface area contributed by atoms with E-state index < -0.39 is 5.66 Å². The molecule has 3 heterocycles. The first-order chi connectivity index (χ1) is 15.1. The molecule has 1 N–H and O–H groups in total. The van der Waals surface area contributed by atoms with Crippen molar-refractivity contribution < 1.29 is 9.59 Å². The largest absolute Gasteiger partial charge is 0.362 e. The third-order valence-electron chi connectivity index (χ3n) is 6.97. The topological polar surface area (TPSA) is 65.5 Å². The fraction of sp³-hybridized carbons (Fsp3) is 0.458. The summed E-state index contributed by atoms with van der Waals surface area (Å²) in [7, 11) is 0. The van der Waals surface area contributed by atoms with E-state index in [1.807, 2.05) is 47.6 Å². The number of amides is 2. The third kappa shape index (κ3) is 3.49. The van der Waals surface area contributed by atoms with Gasteiger partial charge in [0.15, 0.2) is 0 Å². The van der Waals surface area contributed by atoms with Crippen LogP contribution in [0.1, 0.15) is 59.2 Å². The summed E-state index contributed by atoms with van der Waals surface area (Å²) in [5.41, 5.74) is 1.92. The molecule has 0 unspecified atom stereocenters. The molecule has 0 bridgehead atoms. The number of pyridine rings is 1. The van der Waals surface area contributed by atoms with Gasteiger partial charge in [-0.15, -0.1) is 11.8 Å². The molecule has 2 aliphatic heterocycles. The molecule has 31 heavy (non-hydrogen) atoms. The zero-order valence-corrected chi connectivity index (χ0v) is 18.7. The van der Waals surface area contributed by atoms with Gasteiger partial charge in [-0.25, -0.2) is 4.98 Å². The highest BCUT2D eigenvalue weighted by Crippen LogP contribution is 2.42. The fourth-order valence-electron chi connectivity index (χ4n) is 5.42. The molecule has 1 aliphatic carbocycles. The number of rotatable bonds is 3. The number of thioether (sulfide) groups is 1. The molecule has 2 fully saturated rings. The van der Waals surface area contributed by atoms with Gasteiger partial charge in [-0.3, -0.25) is 9.59 Å². The number of aromatic nitrogens is 1. The van der Waals surface area contributed by atoms with Crippen molar-refractivity contribution in [3.8, 4) is 0 Å². The van der Waals surface area contributed by atoms with Crippen molar-refractivity contribution in [2.75, 3.05) is 24.7 Å². The van der Waals surface area contributed by atoms with Crippen LogP contribution in [0.4, 0.5) is 5.69 Å². The number of fused-ring (bicyclic) bond motifs is 1. The van der Waals surface area contributed by atoms with E-state index in [1.54, 1.807) is 6.20 Å². The van der Waals surface area contributed by atoms with Crippen molar-refractivity contribution in [1.82, 2.24) is 14.8 Å². The molecule has 2 aromatic rings. The number of carbonyl (C=O) groups excluding carboxylic acids is 2. The van der Waals surface area contributed by atoms with Crippen LogP contribution in [0.2, 0.25) is 0 Å². The van der Waals surface area contributed by atoms with Gasteiger partial charge < -0.3 is 15.1 Å². The summed E-state index contributed by atoms with van der Waals surface area (Å²) in [5.74, 6) is 0.167. The minimum atomic E-state index is -0.422. The summed E-state index contributed by atoms with van der Waals surface area (Å²) in [5, 5.41) is 4.51. The summed E-state index contributed by atoms with van der Waals surface area (Å²) < 4.78 is 0. The van der Waals surface area contributed by atoms with E-state index in [4.69, 9.17) is 0 Å². The normalized spacial score (nSPS) is 20.6. The maximum Gasteiger partial charge on any atom is 0.258 e. The number of carbonyl (C=O) groups is 2. The van der Waals surface area contributed by atoms with Crippen molar-refractivity contribution >= 4 is 29.3 Å². The molecule has 162 valence electrons. The lowest BCUT2D eigenvalue weighted by Gasteiger charge is -2.54. The summed E-state index contributed by atoms with van der Waals surface area (Å²) >= 11 is 1.50. The van der Waals surface area contributed by atoms with Crippen LogP contribution in [0.15, 0.2) is 47.6 Å². The van der Waals surface area contributed by atoms with Crippen LogP contribution in [-0.2, 0) is 0 Å². The van der Waals surface area contributed by atoms with E-state index in [-0.39, 0.29) is 17.9 Å². The Hall–Kier alpha value is -2.54. The van der Waals surface area contributed by atoms with E-state index in [1.165, 1.54) is 24.6 Å². The van der Waals surface area contributed by atoms with Crippen LogP contribution in [0, 0.1) is 0 Å². The Kier molecular flexibility index (Phi) is 5.38. The molecule has 0 radical (unpaired) electrons. The third-order valence-corrected chi connectivity index (χ3v) is 7.68. The number of hydrogen-bond donors (Lipinski definition) is 1. The molecule has 1 saturated heterocycles. The molecule has 5 rings (SSSR count). The number of para-hydroxylation sites is 1. The van der Waals surface area contributed by atoms with Crippen LogP contribution in [0.3, 0.4) is 0 Å². The average molecular weight is 437 g/mol. The van der Waals surface area contributed by atoms with Gasteiger partial charge in [-0.2, -0.15) is 0 Å². The second-order valence-electron chi connectivity index (χ2n) is 8.67. The summed E-state index contributed by atoms with van der Waals surface area (Å²) in [4.78, 5) is 35.2. The van der Waals surface area contributed by atoms with Crippen molar-refractivity contribution in [2.45, 2.75) is 55.3 Å². The van der Waals surface area contributed by atoms with Gasteiger partial charge in [-0.05, 0) is 43.4 Å². The highest BCUT2D eigenvalue weighted by atomic mass is 32.2. The van der Waals surface area contributed by atoms with Crippen LogP contribution in [0.5, 0.6) is 0 Å². The summed E-state index contributed by atoms with van der Waals surface area (Å²) in [6, 6.07) is 11.8. The molecule has 7 heteroatoms. The minimum absolute atomic E-state index is 0.0299. The van der Waals surface area contributed by atoms with Crippen molar-refractivity contribution in [3.05, 3.63) is 53.7 Å². The lowest BCUT2D eigenvalue weighted by molar-refractivity contribution is 0.0102. The molecule has 1 aromatic carbocycles. The predicted octanol–water partition coefficient (Wildman–Crippen LogP) is 4.25. The zero-order chi connectivity index (χ0) is 21.4. The number of piperidine rings is 1. The molecule has 3 aliphatic rings. The van der Waals surface area contributed by atoms with Gasteiger partial charge in [0.25, 0.3) is 11.8 Å². The van der Waals surface area contributed by atoms with E-state index in [2.05, 4.69) is 15.2 Å². The smallest absolute Gasteiger partial charge is 0.258 e. The number of nitrogens with one attached hydrogen (secondary N) is 1. The van der Waals surface area contributed by atoms with E-state index in [0.29, 0.717) is 18.7 Å². The monoisotopic (exact) mass is 436 g/mol. The maximum atomic E-state index is 13.6. The van der Waals surface area contributed by atoms with Gasteiger partial charge in [0.2, 0.25) is 0 Å². The first-order valence-electron chi connectivity index (χ1n) is 11.1. The first-order valence-corrected chi connectivity index (χ1v) is 12.3. The average Bonchev–Trinajstić information content (AvgIpc) is 3.33. The van der Waals surface area contributed by atoms with E-state index in [9.17, 15) is 9.59 Å². The molecule has 2 amide bonds. The van der Waals surface area contributed by atoms with Gasteiger partial charge in [0.1, 0.15) is 10.7 Å². The Labute approximate surface area is 187 Å². The van der Waals surface area contributed by atoms with Gasteiger partial charge in [0.05, 0.1) is 11.1 Å². The number of hydrogen-bond acceptors (Lipinski definition) is 5. The van der Waals surface area contributed by atoms with Gasteiger partial charge in [0, 0.05) is 43.9 Å². The Balaban J connectivity index is 1.42. The molecule has 1 saturated carbocycles.